The minimum atomic E-state index is 0.894. The molecule has 0 saturated carbocycles. The van der Waals surface area contributed by atoms with Crippen LogP contribution in [0.1, 0.15) is 5.56 Å². The van der Waals surface area contributed by atoms with Gasteiger partial charge in [-0.1, -0.05) is 127 Å². The number of aromatic nitrogens is 4. The molecule has 0 unspecified atom stereocenters. The molecular weight excluding hydrogens is 889 g/mol. The molecule has 0 fully saturated rings. The summed E-state index contributed by atoms with van der Waals surface area (Å²) >= 11 is 0. The highest BCUT2D eigenvalue weighted by atomic mass is 15.1. The molecule has 0 saturated heterocycles. The molecule has 4 aromatic heterocycles. The van der Waals surface area contributed by atoms with E-state index in [1.165, 1.54) is 21.5 Å². The van der Waals surface area contributed by atoms with E-state index < -0.39 is 0 Å². The van der Waals surface area contributed by atoms with Crippen molar-refractivity contribution in [2.24, 2.45) is 0 Å². The number of hydrogen-bond acceptors (Lipinski definition) is 4. The molecule has 0 aliphatic rings. The SMILES string of the molecule is Cc1c(-n2c3ccccc3c3cc(N(c4ccccc4)c4ccccc4)ccc32)cc(-c2cnc3c(ccc4cccnc43)c2)cc1-n1c2ccccc2c2cc(N(c3ccccc3)c3ccccc3)ccc21. The summed E-state index contributed by atoms with van der Waals surface area (Å²) in [6, 6.07) is 89.5. The lowest BCUT2D eigenvalue weighted by Gasteiger charge is -2.25. The first-order valence-electron chi connectivity index (χ1n) is 24.8. The summed E-state index contributed by atoms with van der Waals surface area (Å²) in [6.07, 6.45) is 3.87. The Morgan fingerprint density at radius 3 is 1.23 bits per heavy atom. The molecule has 0 radical (unpaired) electrons. The molecule has 4 heterocycles. The van der Waals surface area contributed by atoms with Crippen molar-refractivity contribution in [3.8, 4) is 22.5 Å². The van der Waals surface area contributed by atoms with Crippen LogP contribution in [0.5, 0.6) is 0 Å². The number of pyridine rings is 2. The zero-order valence-corrected chi connectivity index (χ0v) is 40.0. The van der Waals surface area contributed by atoms with Crippen LogP contribution in [0.3, 0.4) is 0 Å². The molecular formula is C67H46N6. The van der Waals surface area contributed by atoms with E-state index in [1.54, 1.807) is 0 Å². The Bertz CT molecular complexity index is 4090. The lowest BCUT2D eigenvalue weighted by Crippen LogP contribution is -2.09. The number of rotatable bonds is 9. The van der Waals surface area contributed by atoms with E-state index in [1.807, 2.05) is 18.5 Å². The summed E-state index contributed by atoms with van der Waals surface area (Å²) < 4.78 is 4.95. The number of para-hydroxylation sites is 6. The van der Waals surface area contributed by atoms with Gasteiger partial charge in [0.2, 0.25) is 0 Å². The minimum absolute atomic E-state index is 0.894. The standard InChI is InChI=1S/C67H46N6/c1-45-64(72-60-30-16-14-28-56(60)58-42-54(34-36-62(58)72)70(50-20-6-2-7-21-50)51-22-8-3-9-23-51)40-48(49-39-47-33-32-46-19-18-38-68-66(46)67(47)69-44-49)41-65(45)73-61-31-17-15-29-57(61)59-43-55(35-37-63(59)73)71(52-24-10-4-11-25-52)53-26-12-5-13-27-53/h2-44H,1H3. The molecule has 0 bridgehead atoms. The van der Waals surface area contributed by atoms with Crippen molar-refractivity contribution in [1.29, 1.82) is 0 Å². The van der Waals surface area contributed by atoms with Gasteiger partial charge in [-0.15, -0.1) is 0 Å². The van der Waals surface area contributed by atoms with Crippen LogP contribution >= 0.6 is 0 Å². The van der Waals surface area contributed by atoms with Gasteiger partial charge >= 0.3 is 0 Å². The fourth-order valence-electron chi connectivity index (χ4n) is 11.1. The third kappa shape index (κ3) is 7.02. The Morgan fingerprint density at radius 2 is 0.740 bits per heavy atom. The van der Waals surface area contributed by atoms with Crippen molar-refractivity contribution >= 4 is 99.5 Å². The third-order valence-electron chi connectivity index (χ3n) is 14.5. The summed E-state index contributed by atoms with van der Waals surface area (Å²) in [5, 5.41) is 6.84. The Hall–Kier alpha value is -9.78. The molecule has 344 valence electrons. The van der Waals surface area contributed by atoms with Crippen molar-refractivity contribution in [2.75, 3.05) is 9.80 Å². The normalized spacial score (nSPS) is 11.6. The van der Waals surface area contributed by atoms with E-state index in [0.717, 1.165) is 106 Å². The number of nitrogens with zero attached hydrogens (tertiary/aromatic N) is 6. The zero-order valence-electron chi connectivity index (χ0n) is 40.0. The van der Waals surface area contributed by atoms with Gasteiger partial charge in [-0.2, -0.15) is 0 Å². The number of hydrogen-bond donors (Lipinski definition) is 0. The summed E-state index contributed by atoms with van der Waals surface area (Å²) in [6.45, 7) is 2.29. The van der Waals surface area contributed by atoms with Gasteiger partial charge < -0.3 is 18.9 Å². The largest absolute Gasteiger partial charge is 0.310 e. The highest BCUT2D eigenvalue weighted by Crippen LogP contribution is 2.44. The lowest BCUT2D eigenvalue weighted by molar-refractivity contribution is 1.09. The Morgan fingerprint density at radius 1 is 0.315 bits per heavy atom. The predicted octanol–water partition coefficient (Wildman–Crippen LogP) is 17.9. The first kappa shape index (κ1) is 42.1. The van der Waals surface area contributed by atoms with Crippen molar-refractivity contribution in [3.05, 3.63) is 267 Å². The monoisotopic (exact) mass is 934 g/mol. The van der Waals surface area contributed by atoms with E-state index in [-0.39, 0.29) is 0 Å². The Balaban J connectivity index is 1.02. The zero-order chi connectivity index (χ0) is 48.4. The third-order valence-corrected chi connectivity index (χ3v) is 14.5. The predicted molar refractivity (Wildman–Crippen MR) is 305 cm³/mol. The first-order valence-corrected chi connectivity index (χ1v) is 24.8. The summed E-state index contributed by atoms with van der Waals surface area (Å²) in [5.41, 5.74) is 18.3. The van der Waals surface area contributed by atoms with E-state index in [2.05, 4.69) is 269 Å². The molecule has 0 aliphatic carbocycles. The summed E-state index contributed by atoms with van der Waals surface area (Å²) in [4.78, 5) is 14.6. The second-order valence-electron chi connectivity index (χ2n) is 18.7. The van der Waals surface area contributed by atoms with E-state index in [0.29, 0.717) is 0 Å². The van der Waals surface area contributed by atoms with Crippen molar-refractivity contribution in [2.45, 2.75) is 6.92 Å². The van der Waals surface area contributed by atoms with Crippen LogP contribution in [0.15, 0.2) is 261 Å². The molecule has 73 heavy (non-hydrogen) atoms. The molecule has 14 rings (SSSR count). The molecule has 10 aromatic carbocycles. The van der Waals surface area contributed by atoms with Crippen LogP contribution < -0.4 is 9.80 Å². The average Bonchev–Trinajstić information content (AvgIpc) is 3.96. The smallest absolute Gasteiger partial charge is 0.0964 e. The second kappa shape index (κ2) is 17.3. The van der Waals surface area contributed by atoms with Crippen LogP contribution in [0.4, 0.5) is 34.1 Å². The highest BCUT2D eigenvalue weighted by Gasteiger charge is 2.23. The molecule has 0 atom stereocenters. The van der Waals surface area contributed by atoms with Crippen molar-refractivity contribution in [3.63, 3.8) is 0 Å². The molecule has 0 spiro atoms. The summed E-state index contributed by atoms with van der Waals surface area (Å²) in [5.74, 6) is 0. The minimum Gasteiger partial charge on any atom is -0.310 e. The lowest BCUT2D eigenvalue weighted by atomic mass is 9.99. The Kier molecular flexibility index (Phi) is 9.96. The van der Waals surface area contributed by atoms with Crippen LogP contribution in [-0.4, -0.2) is 19.1 Å². The average molecular weight is 935 g/mol. The molecule has 0 N–H and O–H groups in total. The topological polar surface area (TPSA) is 42.1 Å². The maximum atomic E-state index is 5.16. The highest BCUT2D eigenvalue weighted by molar-refractivity contribution is 6.13. The van der Waals surface area contributed by atoms with Gasteiger partial charge in [0.25, 0.3) is 0 Å². The van der Waals surface area contributed by atoms with E-state index in [9.17, 15) is 0 Å². The number of anilines is 6. The van der Waals surface area contributed by atoms with Gasteiger partial charge in [0, 0.05) is 84.4 Å². The van der Waals surface area contributed by atoms with Gasteiger partial charge in [-0.3, -0.25) is 9.97 Å². The van der Waals surface area contributed by atoms with Gasteiger partial charge in [0.1, 0.15) is 0 Å². The van der Waals surface area contributed by atoms with Crippen LogP contribution in [0, 0.1) is 6.92 Å². The quantitative estimate of drug-likeness (QED) is 0.135. The number of benzene rings is 10. The molecule has 0 aliphatic heterocycles. The van der Waals surface area contributed by atoms with Crippen LogP contribution in [0.2, 0.25) is 0 Å². The molecule has 14 aromatic rings. The maximum absolute atomic E-state index is 5.16. The van der Waals surface area contributed by atoms with Crippen molar-refractivity contribution < 1.29 is 0 Å². The first-order chi connectivity index (χ1) is 36.1. The van der Waals surface area contributed by atoms with E-state index >= 15 is 0 Å². The van der Waals surface area contributed by atoms with Gasteiger partial charge in [-0.05, 0) is 139 Å². The van der Waals surface area contributed by atoms with Gasteiger partial charge in [0.05, 0.1) is 44.5 Å². The fraction of sp³-hybridized carbons (Fsp3) is 0.0149. The van der Waals surface area contributed by atoms with Crippen molar-refractivity contribution in [1.82, 2.24) is 19.1 Å². The summed E-state index contributed by atoms with van der Waals surface area (Å²) in [7, 11) is 0. The van der Waals surface area contributed by atoms with Crippen LogP contribution in [0.25, 0.3) is 87.9 Å². The maximum Gasteiger partial charge on any atom is 0.0964 e. The molecule has 6 nitrogen and oxygen atoms in total. The fourth-order valence-corrected chi connectivity index (χ4v) is 11.1. The molecule has 0 amide bonds. The van der Waals surface area contributed by atoms with Gasteiger partial charge in [-0.25, -0.2) is 0 Å². The second-order valence-corrected chi connectivity index (χ2v) is 18.7. The van der Waals surface area contributed by atoms with E-state index in [4.69, 9.17) is 9.97 Å². The van der Waals surface area contributed by atoms with Crippen LogP contribution in [-0.2, 0) is 0 Å². The number of fused-ring (bicyclic) bond motifs is 9. The Labute approximate surface area is 422 Å². The van der Waals surface area contributed by atoms with Gasteiger partial charge in [0.15, 0.2) is 0 Å². The molecule has 6 heteroatoms.